The lowest BCUT2D eigenvalue weighted by atomic mass is 10.1. The van der Waals surface area contributed by atoms with Gasteiger partial charge in [-0.25, -0.2) is 0 Å². The number of aromatic nitrogens is 2. The van der Waals surface area contributed by atoms with Crippen LogP contribution in [0.4, 0.5) is 5.82 Å². The highest BCUT2D eigenvalue weighted by molar-refractivity contribution is 6.34. The van der Waals surface area contributed by atoms with E-state index in [1.54, 1.807) is 31.2 Å². The van der Waals surface area contributed by atoms with Crippen molar-refractivity contribution in [2.45, 2.75) is 39.2 Å². The van der Waals surface area contributed by atoms with Crippen LogP contribution in [-0.4, -0.2) is 52.6 Å². The lowest BCUT2D eigenvalue weighted by Gasteiger charge is -2.23. The van der Waals surface area contributed by atoms with Gasteiger partial charge in [-0.05, 0) is 45.0 Å². The zero-order valence-electron chi connectivity index (χ0n) is 16.2. The molecule has 0 aliphatic carbocycles. The summed E-state index contributed by atoms with van der Waals surface area (Å²) >= 11 is 6.07. The first kappa shape index (κ1) is 20.4. The summed E-state index contributed by atoms with van der Waals surface area (Å²) in [7, 11) is 0. The van der Waals surface area contributed by atoms with Gasteiger partial charge in [-0.15, -0.1) is 0 Å². The predicted molar refractivity (Wildman–Crippen MR) is 110 cm³/mol. The number of anilines is 1. The van der Waals surface area contributed by atoms with Gasteiger partial charge in [0.05, 0.1) is 10.6 Å². The molecule has 1 aliphatic heterocycles. The number of likely N-dealkylation sites (tertiary alicyclic amines) is 1. The van der Waals surface area contributed by atoms with Gasteiger partial charge >= 0.3 is 0 Å². The minimum atomic E-state index is -0.366. The van der Waals surface area contributed by atoms with E-state index in [4.69, 9.17) is 11.6 Å². The minimum absolute atomic E-state index is 0.110. The number of likely N-dealkylation sites (N-methyl/N-ethyl adjacent to an activating group) is 1. The Morgan fingerprint density at radius 2 is 2.07 bits per heavy atom. The second-order valence-electron chi connectivity index (χ2n) is 7.07. The van der Waals surface area contributed by atoms with Crippen LogP contribution in [0.3, 0.4) is 0 Å². The van der Waals surface area contributed by atoms with Crippen molar-refractivity contribution >= 4 is 29.2 Å². The summed E-state index contributed by atoms with van der Waals surface area (Å²) in [5.41, 5.74) is 1.32. The first-order valence-corrected chi connectivity index (χ1v) is 10.0. The van der Waals surface area contributed by atoms with E-state index in [0.29, 0.717) is 27.7 Å². The molecule has 1 atom stereocenters. The van der Waals surface area contributed by atoms with Crippen LogP contribution >= 0.6 is 11.6 Å². The smallest absolute Gasteiger partial charge is 0.269 e. The van der Waals surface area contributed by atoms with Gasteiger partial charge in [0.1, 0.15) is 5.69 Å². The van der Waals surface area contributed by atoms with Crippen LogP contribution in [0, 0.1) is 6.92 Å². The Kier molecular flexibility index (Phi) is 6.70. The van der Waals surface area contributed by atoms with Crippen molar-refractivity contribution in [2.75, 3.05) is 25.0 Å². The summed E-state index contributed by atoms with van der Waals surface area (Å²) in [6, 6.07) is 6.90. The monoisotopic (exact) mass is 403 g/mol. The van der Waals surface area contributed by atoms with E-state index in [1.807, 2.05) is 0 Å². The Labute approximate surface area is 169 Å². The normalized spacial score (nSPS) is 17.8. The molecule has 7 nitrogen and oxygen atoms in total. The van der Waals surface area contributed by atoms with Gasteiger partial charge in [0.2, 0.25) is 0 Å². The van der Waals surface area contributed by atoms with Crippen LogP contribution in [-0.2, 0) is 0 Å². The number of nitrogens with zero attached hydrogens (tertiary/aromatic N) is 2. The molecule has 0 unspecified atom stereocenters. The number of H-pyrrole nitrogens is 1. The third-order valence-corrected chi connectivity index (χ3v) is 5.45. The lowest BCUT2D eigenvalue weighted by Crippen LogP contribution is -2.42. The second-order valence-corrected chi connectivity index (χ2v) is 7.47. The first-order chi connectivity index (χ1) is 13.5. The van der Waals surface area contributed by atoms with Crippen LogP contribution in [0.15, 0.2) is 24.3 Å². The average molecular weight is 404 g/mol. The number of hydrogen-bond donors (Lipinski definition) is 3. The standard InChI is InChI=1S/C20H26ClN5O2/c1-3-26-11-7-6-8-14(12-26)22-20(28)17-13(2)18(25-24-17)23-19(27)15-9-4-5-10-16(15)21/h4-5,9-10,14H,3,6-8,11-12H2,1-2H3,(H,22,28)(H2,23,24,25,27)/t14-/m1/s1. The lowest BCUT2D eigenvalue weighted by molar-refractivity contribution is 0.0920. The van der Waals surface area contributed by atoms with Gasteiger partial charge in [-0.1, -0.05) is 37.1 Å². The molecule has 28 heavy (non-hydrogen) atoms. The zero-order valence-corrected chi connectivity index (χ0v) is 17.0. The summed E-state index contributed by atoms with van der Waals surface area (Å²) in [5.74, 6) is -0.244. The van der Waals surface area contributed by atoms with Crippen LogP contribution in [0.25, 0.3) is 0 Å². The number of amides is 2. The van der Waals surface area contributed by atoms with E-state index in [-0.39, 0.29) is 17.9 Å². The van der Waals surface area contributed by atoms with E-state index >= 15 is 0 Å². The summed E-state index contributed by atoms with van der Waals surface area (Å²) < 4.78 is 0. The molecule has 0 saturated carbocycles. The third-order valence-electron chi connectivity index (χ3n) is 5.13. The number of nitrogens with one attached hydrogen (secondary N) is 3. The molecule has 1 fully saturated rings. The van der Waals surface area contributed by atoms with Gasteiger partial charge < -0.3 is 15.5 Å². The Hall–Kier alpha value is -2.38. The van der Waals surface area contributed by atoms with Crippen molar-refractivity contribution in [3.63, 3.8) is 0 Å². The zero-order chi connectivity index (χ0) is 20.1. The Morgan fingerprint density at radius 3 is 2.82 bits per heavy atom. The number of rotatable bonds is 5. The predicted octanol–water partition coefficient (Wildman–Crippen LogP) is 3.23. The molecule has 2 aromatic rings. The molecule has 3 rings (SSSR count). The van der Waals surface area contributed by atoms with Gasteiger partial charge in [-0.3, -0.25) is 14.7 Å². The highest BCUT2D eigenvalue weighted by atomic mass is 35.5. The Morgan fingerprint density at radius 1 is 1.29 bits per heavy atom. The van der Waals surface area contributed by atoms with E-state index < -0.39 is 0 Å². The molecule has 2 amide bonds. The Bertz CT molecular complexity index is 851. The topological polar surface area (TPSA) is 90.1 Å². The van der Waals surface area contributed by atoms with Crippen molar-refractivity contribution in [2.24, 2.45) is 0 Å². The summed E-state index contributed by atoms with van der Waals surface area (Å²) in [5, 5.41) is 13.0. The number of carbonyl (C=O) groups is 2. The molecule has 0 radical (unpaired) electrons. The Balaban J connectivity index is 1.67. The summed E-state index contributed by atoms with van der Waals surface area (Å²) in [6.07, 6.45) is 3.22. The molecule has 0 bridgehead atoms. The maximum atomic E-state index is 12.7. The molecule has 1 aromatic heterocycles. The van der Waals surface area contributed by atoms with Gasteiger partial charge in [0.15, 0.2) is 5.82 Å². The quantitative estimate of drug-likeness (QED) is 0.714. The van der Waals surface area contributed by atoms with E-state index in [2.05, 4.69) is 32.7 Å². The molecule has 150 valence electrons. The van der Waals surface area contributed by atoms with Crippen molar-refractivity contribution in [1.29, 1.82) is 0 Å². The van der Waals surface area contributed by atoms with Crippen LogP contribution in [0.2, 0.25) is 5.02 Å². The highest BCUT2D eigenvalue weighted by Crippen LogP contribution is 2.20. The van der Waals surface area contributed by atoms with E-state index in [9.17, 15) is 9.59 Å². The highest BCUT2D eigenvalue weighted by Gasteiger charge is 2.23. The fourth-order valence-electron chi connectivity index (χ4n) is 3.44. The first-order valence-electron chi connectivity index (χ1n) is 9.63. The molecule has 8 heteroatoms. The molecular weight excluding hydrogens is 378 g/mol. The molecule has 0 spiro atoms. The van der Waals surface area contributed by atoms with Gasteiger partial charge in [0.25, 0.3) is 11.8 Å². The van der Waals surface area contributed by atoms with Gasteiger partial charge in [0, 0.05) is 18.2 Å². The fraction of sp³-hybridized carbons (Fsp3) is 0.450. The minimum Gasteiger partial charge on any atom is -0.347 e. The molecule has 1 aromatic carbocycles. The number of hydrogen-bond acceptors (Lipinski definition) is 4. The molecule has 1 aliphatic rings. The van der Waals surface area contributed by atoms with Crippen LogP contribution < -0.4 is 10.6 Å². The largest absolute Gasteiger partial charge is 0.347 e. The number of aromatic amines is 1. The molecular formula is C20H26ClN5O2. The van der Waals surface area contributed by atoms with Crippen molar-refractivity contribution in [3.05, 3.63) is 46.1 Å². The van der Waals surface area contributed by atoms with Crippen LogP contribution in [0.1, 0.15) is 52.6 Å². The molecule has 3 N–H and O–H groups in total. The fourth-order valence-corrected chi connectivity index (χ4v) is 3.67. The molecule has 2 heterocycles. The van der Waals surface area contributed by atoms with E-state index in [1.165, 1.54) is 0 Å². The summed E-state index contributed by atoms with van der Waals surface area (Å²) in [4.78, 5) is 27.5. The third kappa shape index (κ3) is 4.72. The maximum absolute atomic E-state index is 12.7. The molecule has 1 saturated heterocycles. The van der Waals surface area contributed by atoms with Crippen molar-refractivity contribution in [3.8, 4) is 0 Å². The average Bonchev–Trinajstić information content (AvgIpc) is 2.89. The van der Waals surface area contributed by atoms with Gasteiger partial charge in [-0.2, -0.15) is 5.10 Å². The SMILES string of the molecule is CCN1CCCC[C@@H](NC(=O)c2[nH]nc(NC(=O)c3ccccc3Cl)c2C)C1. The van der Waals surface area contributed by atoms with Crippen molar-refractivity contribution in [1.82, 2.24) is 20.4 Å². The van der Waals surface area contributed by atoms with Crippen molar-refractivity contribution < 1.29 is 9.59 Å². The van der Waals surface area contributed by atoms with E-state index in [0.717, 1.165) is 38.9 Å². The second kappa shape index (κ2) is 9.21. The number of benzene rings is 1. The maximum Gasteiger partial charge on any atom is 0.269 e. The van der Waals surface area contributed by atoms with Crippen LogP contribution in [0.5, 0.6) is 0 Å². The summed E-state index contributed by atoms with van der Waals surface area (Å²) in [6.45, 7) is 6.80. The number of halogens is 1. The number of carbonyl (C=O) groups excluding carboxylic acids is 2.